The van der Waals surface area contributed by atoms with Crippen molar-refractivity contribution in [1.29, 1.82) is 0 Å². The second-order valence-corrected chi connectivity index (χ2v) is 5.36. The van der Waals surface area contributed by atoms with Crippen LogP contribution >= 0.6 is 0 Å². The normalized spacial score (nSPS) is 31.6. The summed E-state index contributed by atoms with van der Waals surface area (Å²) in [4.78, 5) is 0. The molecule has 3 heteroatoms. The van der Waals surface area contributed by atoms with Gasteiger partial charge in [-0.15, -0.1) is 0 Å². The van der Waals surface area contributed by atoms with E-state index in [-0.39, 0.29) is 0 Å². The van der Waals surface area contributed by atoms with E-state index in [1.807, 2.05) is 0 Å². The molecule has 0 aromatic carbocycles. The van der Waals surface area contributed by atoms with Gasteiger partial charge in [0.05, 0.1) is 38.3 Å². The third-order valence-corrected chi connectivity index (χ3v) is 4.10. The molecule has 1 heterocycles. The summed E-state index contributed by atoms with van der Waals surface area (Å²) in [5.41, 5.74) is 0.314. The molecule has 2 rings (SSSR count). The van der Waals surface area contributed by atoms with Crippen LogP contribution in [-0.2, 0) is 14.2 Å². The zero-order valence-corrected chi connectivity index (χ0v) is 10.8. The van der Waals surface area contributed by atoms with E-state index in [2.05, 4.69) is 13.5 Å². The predicted octanol–water partition coefficient (Wildman–Crippen LogP) is 2.90. The van der Waals surface area contributed by atoms with Gasteiger partial charge in [0.2, 0.25) is 0 Å². The lowest BCUT2D eigenvalue weighted by atomic mass is 9.84. The van der Waals surface area contributed by atoms with Crippen molar-refractivity contribution in [3.8, 4) is 0 Å². The van der Waals surface area contributed by atoms with Crippen LogP contribution in [0.5, 0.6) is 0 Å². The fraction of sp³-hybridized carbons (Fsp3) is 0.857. The van der Waals surface area contributed by atoms with Crippen LogP contribution in [0.4, 0.5) is 0 Å². The van der Waals surface area contributed by atoms with E-state index in [4.69, 9.17) is 14.2 Å². The zero-order valence-electron chi connectivity index (χ0n) is 10.8. The molecule has 1 aliphatic heterocycles. The average Bonchev–Trinajstić information content (AvgIpc) is 2.31. The summed E-state index contributed by atoms with van der Waals surface area (Å²) in [7, 11) is 0. The molecule has 1 aliphatic carbocycles. The maximum Gasteiger partial charge on any atom is 0.0980 e. The van der Waals surface area contributed by atoms with Gasteiger partial charge in [-0.2, -0.15) is 0 Å². The highest BCUT2D eigenvalue weighted by Crippen LogP contribution is 2.33. The largest absolute Gasteiger partial charge is 0.499 e. The van der Waals surface area contributed by atoms with Gasteiger partial charge in [0.15, 0.2) is 0 Å². The molecule has 3 nitrogen and oxygen atoms in total. The van der Waals surface area contributed by atoms with Gasteiger partial charge in [0, 0.05) is 5.41 Å². The Bertz CT molecular complexity index is 234. The summed E-state index contributed by atoms with van der Waals surface area (Å²) in [6, 6.07) is 0. The Hall–Kier alpha value is -0.540. The standard InChI is InChI=1S/C14H24O3/c1-3-14(9-15-10-14)11-17-13-7-5-12(6-8-13)16-4-2/h4,12-13H,2-3,5-11H2,1H3. The molecule has 0 unspecified atom stereocenters. The Morgan fingerprint density at radius 3 is 2.35 bits per heavy atom. The number of ether oxygens (including phenoxy) is 3. The maximum atomic E-state index is 6.05. The number of rotatable bonds is 6. The molecule has 0 amide bonds. The fourth-order valence-corrected chi connectivity index (χ4v) is 2.55. The fourth-order valence-electron chi connectivity index (χ4n) is 2.55. The van der Waals surface area contributed by atoms with Gasteiger partial charge < -0.3 is 14.2 Å². The van der Waals surface area contributed by atoms with Gasteiger partial charge in [-0.25, -0.2) is 0 Å². The summed E-state index contributed by atoms with van der Waals surface area (Å²) in [5, 5.41) is 0. The molecule has 98 valence electrons. The second-order valence-electron chi connectivity index (χ2n) is 5.36. The van der Waals surface area contributed by atoms with Crippen LogP contribution in [0.15, 0.2) is 12.8 Å². The van der Waals surface area contributed by atoms with E-state index >= 15 is 0 Å². The van der Waals surface area contributed by atoms with E-state index in [0.717, 1.165) is 51.9 Å². The van der Waals surface area contributed by atoms with Gasteiger partial charge in [0.1, 0.15) is 0 Å². The first-order chi connectivity index (χ1) is 8.28. The Balaban J connectivity index is 1.66. The Morgan fingerprint density at radius 1 is 1.24 bits per heavy atom. The first kappa shape index (κ1) is 12.9. The first-order valence-electron chi connectivity index (χ1n) is 6.74. The van der Waals surface area contributed by atoms with Crippen LogP contribution in [-0.4, -0.2) is 32.0 Å². The van der Waals surface area contributed by atoms with Gasteiger partial charge in [-0.3, -0.25) is 0 Å². The monoisotopic (exact) mass is 240 g/mol. The highest BCUT2D eigenvalue weighted by molar-refractivity contribution is 4.85. The molecule has 0 N–H and O–H groups in total. The first-order valence-corrected chi connectivity index (χ1v) is 6.74. The van der Waals surface area contributed by atoms with Gasteiger partial charge in [-0.05, 0) is 32.1 Å². The zero-order chi connectivity index (χ0) is 12.1. The van der Waals surface area contributed by atoms with Gasteiger partial charge in [-0.1, -0.05) is 13.5 Å². The van der Waals surface area contributed by atoms with Crippen molar-refractivity contribution in [2.24, 2.45) is 5.41 Å². The van der Waals surface area contributed by atoms with Crippen molar-refractivity contribution < 1.29 is 14.2 Å². The highest BCUT2D eigenvalue weighted by atomic mass is 16.5. The maximum absolute atomic E-state index is 6.05. The third-order valence-electron chi connectivity index (χ3n) is 4.10. The molecule has 2 fully saturated rings. The molecule has 0 bridgehead atoms. The smallest absolute Gasteiger partial charge is 0.0980 e. The lowest BCUT2D eigenvalue weighted by Gasteiger charge is -2.41. The van der Waals surface area contributed by atoms with Crippen molar-refractivity contribution in [2.75, 3.05) is 19.8 Å². The lowest BCUT2D eigenvalue weighted by molar-refractivity contribution is -0.164. The molecule has 0 atom stereocenters. The Labute approximate surface area is 104 Å². The van der Waals surface area contributed by atoms with Gasteiger partial charge >= 0.3 is 0 Å². The van der Waals surface area contributed by atoms with Crippen LogP contribution in [0.25, 0.3) is 0 Å². The van der Waals surface area contributed by atoms with Crippen LogP contribution in [0.2, 0.25) is 0 Å². The van der Waals surface area contributed by atoms with E-state index in [9.17, 15) is 0 Å². The molecule has 1 saturated heterocycles. The van der Waals surface area contributed by atoms with Crippen LogP contribution in [0.1, 0.15) is 39.0 Å². The van der Waals surface area contributed by atoms with Crippen LogP contribution in [0.3, 0.4) is 0 Å². The average molecular weight is 240 g/mol. The number of hydrogen-bond donors (Lipinski definition) is 0. The summed E-state index contributed by atoms with van der Waals surface area (Å²) < 4.78 is 16.8. The molecule has 0 radical (unpaired) electrons. The number of hydrogen-bond acceptors (Lipinski definition) is 3. The Morgan fingerprint density at radius 2 is 1.88 bits per heavy atom. The minimum Gasteiger partial charge on any atom is -0.499 e. The molecular formula is C14H24O3. The Kier molecular flexibility index (Phi) is 4.46. The molecule has 2 aliphatic rings. The van der Waals surface area contributed by atoms with Crippen molar-refractivity contribution >= 4 is 0 Å². The molecule has 1 saturated carbocycles. The molecule has 0 aromatic rings. The third kappa shape index (κ3) is 3.23. The summed E-state index contributed by atoms with van der Waals surface area (Å²) in [5.74, 6) is 0. The highest BCUT2D eigenvalue weighted by Gasteiger charge is 2.38. The summed E-state index contributed by atoms with van der Waals surface area (Å²) >= 11 is 0. The lowest BCUT2D eigenvalue weighted by Crippen LogP contribution is -2.46. The van der Waals surface area contributed by atoms with Crippen molar-refractivity contribution in [1.82, 2.24) is 0 Å². The van der Waals surface area contributed by atoms with Crippen molar-refractivity contribution in [2.45, 2.75) is 51.2 Å². The predicted molar refractivity (Wildman–Crippen MR) is 66.8 cm³/mol. The van der Waals surface area contributed by atoms with Crippen LogP contribution < -0.4 is 0 Å². The second kappa shape index (κ2) is 5.87. The quantitative estimate of drug-likeness (QED) is 0.668. The minimum absolute atomic E-state index is 0.314. The van der Waals surface area contributed by atoms with Crippen molar-refractivity contribution in [3.63, 3.8) is 0 Å². The van der Waals surface area contributed by atoms with E-state index in [0.29, 0.717) is 17.6 Å². The molecular weight excluding hydrogens is 216 g/mol. The van der Waals surface area contributed by atoms with E-state index < -0.39 is 0 Å². The topological polar surface area (TPSA) is 27.7 Å². The molecule has 17 heavy (non-hydrogen) atoms. The van der Waals surface area contributed by atoms with Gasteiger partial charge in [0.25, 0.3) is 0 Å². The van der Waals surface area contributed by atoms with Crippen molar-refractivity contribution in [3.05, 3.63) is 12.8 Å². The van der Waals surface area contributed by atoms with E-state index in [1.54, 1.807) is 6.26 Å². The van der Waals surface area contributed by atoms with E-state index in [1.165, 1.54) is 0 Å². The molecule has 0 aromatic heterocycles. The molecule has 0 spiro atoms. The summed E-state index contributed by atoms with van der Waals surface area (Å²) in [6.07, 6.45) is 7.89. The summed E-state index contributed by atoms with van der Waals surface area (Å²) in [6.45, 7) is 8.44. The van der Waals surface area contributed by atoms with Crippen LogP contribution in [0, 0.1) is 5.41 Å². The minimum atomic E-state index is 0.314. The SMILES string of the molecule is C=COC1CCC(OCC2(CC)COC2)CC1.